The maximum Gasteiger partial charge on any atom is 0.263 e. The zero-order valence-corrected chi connectivity index (χ0v) is 12.2. The Labute approximate surface area is 122 Å². The first-order valence-electron chi connectivity index (χ1n) is 6.51. The zero-order valence-electron chi connectivity index (χ0n) is 11.3. The van der Waals surface area contributed by atoms with Gasteiger partial charge in [-0.25, -0.2) is 4.98 Å². The maximum atomic E-state index is 12.0. The number of nitrogens with zero attached hydrogens (tertiary/aromatic N) is 1. The van der Waals surface area contributed by atoms with Crippen molar-refractivity contribution in [2.45, 2.75) is 19.9 Å². The number of aromatic nitrogens is 1. The number of rotatable bonds is 6. The molecule has 0 saturated heterocycles. The van der Waals surface area contributed by atoms with E-state index < -0.39 is 0 Å². The molecule has 5 nitrogen and oxygen atoms in total. The van der Waals surface area contributed by atoms with Crippen LogP contribution in [0.1, 0.15) is 28.6 Å². The normalized spacial score (nSPS) is 10.2. The number of nitrogens with one attached hydrogen (secondary N) is 2. The van der Waals surface area contributed by atoms with Gasteiger partial charge in [-0.3, -0.25) is 4.79 Å². The summed E-state index contributed by atoms with van der Waals surface area (Å²) in [5.74, 6) is -0.116. The van der Waals surface area contributed by atoms with Crippen LogP contribution in [0.3, 0.4) is 0 Å². The molecule has 0 unspecified atom stereocenters. The minimum atomic E-state index is -0.116. The Hall–Kier alpha value is -2.08. The molecule has 0 saturated carbocycles. The van der Waals surface area contributed by atoms with E-state index in [1.807, 2.05) is 24.3 Å². The lowest BCUT2D eigenvalue weighted by molar-refractivity contribution is 0.0955. The van der Waals surface area contributed by atoms with E-state index in [1.54, 1.807) is 6.20 Å². The standard InChI is InChI=1S/C14H18N4OS/c1-2-6-16-14-18-9-12(20-14)13(19)17-8-10-4-3-5-11(15)7-10/h3-5,7,9H,2,6,8,15H2,1H3,(H,16,18)(H,17,19). The number of amides is 1. The van der Waals surface area contributed by atoms with E-state index in [0.717, 1.165) is 23.7 Å². The van der Waals surface area contributed by atoms with Gasteiger partial charge in [-0.1, -0.05) is 30.4 Å². The minimum absolute atomic E-state index is 0.116. The van der Waals surface area contributed by atoms with Gasteiger partial charge >= 0.3 is 0 Å². The Morgan fingerprint density at radius 2 is 2.30 bits per heavy atom. The second-order valence-corrected chi connectivity index (χ2v) is 5.41. The smallest absolute Gasteiger partial charge is 0.263 e. The molecule has 0 spiro atoms. The van der Waals surface area contributed by atoms with Crippen molar-refractivity contribution in [2.24, 2.45) is 0 Å². The molecule has 1 amide bonds. The highest BCUT2D eigenvalue weighted by Gasteiger charge is 2.10. The average molecular weight is 290 g/mol. The van der Waals surface area contributed by atoms with E-state index in [-0.39, 0.29) is 5.91 Å². The summed E-state index contributed by atoms with van der Waals surface area (Å²) in [6, 6.07) is 7.47. The van der Waals surface area contributed by atoms with Crippen LogP contribution in [-0.2, 0) is 6.54 Å². The van der Waals surface area contributed by atoms with E-state index in [4.69, 9.17) is 5.73 Å². The number of nitrogen functional groups attached to an aromatic ring is 1. The predicted octanol–water partition coefficient (Wildman–Crippen LogP) is 2.48. The molecule has 1 aromatic heterocycles. The van der Waals surface area contributed by atoms with Crippen molar-refractivity contribution in [3.8, 4) is 0 Å². The summed E-state index contributed by atoms with van der Waals surface area (Å²) < 4.78 is 0. The quantitative estimate of drug-likeness (QED) is 0.714. The minimum Gasteiger partial charge on any atom is -0.399 e. The summed E-state index contributed by atoms with van der Waals surface area (Å²) in [5, 5.41) is 6.80. The Morgan fingerprint density at radius 1 is 1.45 bits per heavy atom. The first-order valence-corrected chi connectivity index (χ1v) is 7.33. The Bertz CT molecular complexity index is 582. The lowest BCUT2D eigenvalue weighted by atomic mass is 10.2. The van der Waals surface area contributed by atoms with Crippen LogP contribution in [0.15, 0.2) is 30.5 Å². The molecule has 2 rings (SSSR count). The van der Waals surface area contributed by atoms with Crippen molar-refractivity contribution in [1.29, 1.82) is 0 Å². The van der Waals surface area contributed by atoms with Gasteiger partial charge in [-0.2, -0.15) is 0 Å². The molecule has 1 heterocycles. The molecule has 0 aliphatic carbocycles. The van der Waals surface area contributed by atoms with E-state index in [9.17, 15) is 4.79 Å². The topological polar surface area (TPSA) is 80.0 Å². The van der Waals surface area contributed by atoms with Crippen molar-refractivity contribution >= 4 is 28.1 Å². The SMILES string of the molecule is CCCNc1ncc(C(=O)NCc2cccc(N)c2)s1. The molecule has 0 atom stereocenters. The van der Waals surface area contributed by atoms with Crippen LogP contribution in [-0.4, -0.2) is 17.4 Å². The Kier molecular flexibility index (Phi) is 4.95. The Balaban J connectivity index is 1.90. The molecular weight excluding hydrogens is 272 g/mol. The first-order chi connectivity index (χ1) is 9.69. The highest BCUT2D eigenvalue weighted by atomic mass is 32.1. The predicted molar refractivity (Wildman–Crippen MR) is 82.9 cm³/mol. The molecule has 0 fully saturated rings. The van der Waals surface area contributed by atoms with Crippen molar-refractivity contribution in [3.05, 3.63) is 40.9 Å². The third-order valence-electron chi connectivity index (χ3n) is 2.66. The van der Waals surface area contributed by atoms with E-state index in [1.165, 1.54) is 11.3 Å². The van der Waals surface area contributed by atoms with Crippen molar-refractivity contribution < 1.29 is 4.79 Å². The number of anilines is 2. The van der Waals surface area contributed by atoms with E-state index in [0.29, 0.717) is 17.1 Å². The van der Waals surface area contributed by atoms with E-state index in [2.05, 4.69) is 22.5 Å². The lowest BCUT2D eigenvalue weighted by Crippen LogP contribution is -2.21. The van der Waals surface area contributed by atoms with Gasteiger partial charge in [-0.05, 0) is 24.1 Å². The largest absolute Gasteiger partial charge is 0.399 e. The summed E-state index contributed by atoms with van der Waals surface area (Å²) >= 11 is 1.36. The number of carbonyl (C=O) groups is 1. The van der Waals surface area contributed by atoms with Crippen LogP contribution < -0.4 is 16.4 Å². The van der Waals surface area contributed by atoms with Crippen molar-refractivity contribution in [3.63, 3.8) is 0 Å². The number of hydrogen-bond acceptors (Lipinski definition) is 5. The summed E-state index contributed by atoms with van der Waals surface area (Å²) in [7, 11) is 0. The molecule has 1 aromatic carbocycles. The number of thiazole rings is 1. The second kappa shape index (κ2) is 6.91. The molecule has 0 bridgehead atoms. The third-order valence-corrected chi connectivity index (χ3v) is 3.61. The van der Waals surface area contributed by atoms with Crippen LogP contribution in [0.5, 0.6) is 0 Å². The summed E-state index contributed by atoms with van der Waals surface area (Å²) in [5.41, 5.74) is 7.37. The fourth-order valence-corrected chi connectivity index (χ4v) is 2.42. The molecule has 20 heavy (non-hydrogen) atoms. The average Bonchev–Trinajstić information content (AvgIpc) is 2.91. The number of carbonyl (C=O) groups excluding carboxylic acids is 1. The van der Waals surface area contributed by atoms with Gasteiger partial charge in [0, 0.05) is 18.8 Å². The zero-order chi connectivity index (χ0) is 14.4. The van der Waals surface area contributed by atoms with Crippen LogP contribution >= 0.6 is 11.3 Å². The fourth-order valence-electron chi connectivity index (χ4n) is 1.67. The van der Waals surface area contributed by atoms with Gasteiger partial charge < -0.3 is 16.4 Å². The highest BCUT2D eigenvalue weighted by molar-refractivity contribution is 7.17. The van der Waals surface area contributed by atoms with Crippen LogP contribution in [0, 0.1) is 0 Å². The van der Waals surface area contributed by atoms with Gasteiger partial charge in [0.2, 0.25) is 0 Å². The molecule has 0 aliphatic rings. The molecule has 2 aromatic rings. The van der Waals surface area contributed by atoms with Gasteiger partial charge in [-0.15, -0.1) is 0 Å². The lowest BCUT2D eigenvalue weighted by Gasteiger charge is -2.04. The summed E-state index contributed by atoms with van der Waals surface area (Å²) in [6.45, 7) is 3.40. The number of hydrogen-bond donors (Lipinski definition) is 3. The van der Waals surface area contributed by atoms with Gasteiger partial charge in [0.15, 0.2) is 5.13 Å². The summed E-state index contributed by atoms with van der Waals surface area (Å²) in [4.78, 5) is 16.8. The van der Waals surface area contributed by atoms with Crippen molar-refractivity contribution in [2.75, 3.05) is 17.6 Å². The molecule has 4 N–H and O–H groups in total. The van der Waals surface area contributed by atoms with E-state index >= 15 is 0 Å². The molecule has 106 valence electrons. The highest BCUT2D eigenvalue weighted by Crippen LogP contribution is 2.18. The van der Waals surface area contributed by atoms with Gasteiger partial charge in [0.25, 0.3) is 5.91 Å². The maximum absolute atomic E-state index is 12.0. The van der Waals surface area contributed by atoms with Crippen LogP contribution in [0.4, 0.5) is 10.8 Å². The van der Waals surface area contributed by atoms with Crippen LogP contribution in [0.2, 0.25) is 0 Å². The van der Waals surface area contributed by atoms with Gasteiger partial charge in [0.05, 0.1) is 6.20 Å². The van der Waals surface area contributed by atoms with Crippen molar-refractivity contribution in [1.82, 2.24) is 10.3 Å². The number of benzene rings is 1. The fraction of sp³-hybridized carbons (Fsp3) is 0.286. The molecule has 0 aliphatic heterocycles. The van der Waals surface area contributed by atoms with Gasteiger partial charge in [0.1, 0.15) is 4.88 Å². The molecule has 6 heteroatoms. The monoisotopic (exact) mass is 290 g/mol. The first kappa shape index (κ1) is 14.3. The Morgan fingerprint density at radius 3 is 3.05 bits per heavy atom. The second-order valence-electron chi connectivity index (χ2n) is 4.38. The number of nitrogens with two attached hydrogens (primary N) is 1. The third kappa shape index (κ3) is 3.96. The summed E-state index contributed by atoms with van der Waals surface area (Å²) in [6.07, 6.45) is 2.62. The molecule has 0 radical (unpaired) electrons. The van der Waals surface area contributed by atoms with Crippen LogP contribution in [0.25, 0.3) is 0 Å². The molecular formula is C14H18N4OS.